The third-order valence-electron chi connectivity index (χ3n) is 5.59. The lowest BCUT2D eigenvalue weighted by atomic mass is 9.76. The number of hydrogen-bond acceptors (Lipinski definition) is 4. The fourth-order valence-corrected chi connectivity index (χ4v) is 5.28. The predicted molar refractivity (Wildman–Crippen MR) is 121 cm³/mol. The van der Waals surface area contributed by atoms with E-state index in [1.165, 1.54) is 4.88 Å². The molecule has 0 spiro atoms. The van der Waals surface area contributed by atoms with Crippen LogP contribution in [0.4, 0.5) is 11.4 Å². The number of carbonyl (C=O) groups is 1. The van der Waals surface area contributed by atoms with E-state index in [-0.39, 0.29) is 5.41 Å². The number of nitrogen functional groups attached to an aromatic ring is 1. The van der Waals surface area contributed by atoms with E-state index in [4.69, 9.17) is 5.73 Å². The SMILES string of the molecule is CC1(C)CCc2sc(-c3cccc(CNc4ccc(N)cc4)c3)c(C(=O)O)c2C1. The van der Waals surface area contributed by atoms with Gasteiger partial charge in [-0.2, -0.15) is 0 Å². The molecule has 0 unspecified atom stereocenters. The van der Waals surface area contributed by atoms with Crippen LogP contribution in [0.3, 0.4) is 0 Å². The fraction of sp³-hybridized carbons (Fsp3) is 0.292. The van der Waals surface area contributed by atoms with Gasteiger partial charge in [0.05, 0.1) is 5.56 Å². The van der Waals surface area contributed by atoms with Gasteiger partial charge in [-0.25, -0.2) is 4.79 Å². The van der Waals surface area contributed by atoms with Gasteiger partial charge in [0.1, 0.15) is 0 Å². The molecule has 0 atom stereocenters. The van der Waals surface area contributed by atoms with Crippen molar-refractivity contribution in [3.63, 3.8) is 0 Å². The zero-order valence-electron chi connectivity index (χ0n) is 16.8. The lowest BCUT2D eigenvalue weighted by Gasteiger charge is -2.29. The first-order valence-electron chi connectivity index (χ1n) is 9.89. The maximum absolute atomic E-state index is 12.1. The Balaban J connectivity index is 1.64. The van der Waals surface area contributed by atoms with E-state index in [0.29, 0.717) is 12.1 Å². The van der Waals surface area contributed by atoms with Crippen molar-refractivity contribution in [1.29, 1.82) is 0 Å². The highest BCUT2D eigenvalue weighted by atomic mass is 32.1. The van der Waals surface area contributed by atoms with Crippen LogP contribution in [0.5, 0.6) is 0 Å². The highest BCUT2D eigenvalue weighted by Gasteiger charge is 2.32. The first kappa shape index (κ1) is 19.5. The second kappa shape index (κ2) is 7.56. The van der Waals surface area contributed by atoms with Gasteiger partial charge in [-0.15, -0.1) is 11.3 Å². The molecule has 0 saturated heterocycles. The molecule has 4 nitrogen and oxygen atoms in total. The number of nitrogens with one attached hydrogen (secondary N) is 1. The summed E-state index contributed by atoms with van der Waals surface area (Å²) in [6, 6.07) is 15.8. The molecule has 0 radical (unpaired) electrons. The van der Waals surface area contributed by atoms with Gasteiger partial charge in [-0.3, -0.25) is 0 Å². The van der Waals surface area contributed by atoms with Crippen LogP contribution in [0.15, 0.2) is 48.5 Å². The van der Waals surface area contributed by atoms with Crippen molar-refractivity contribution in [3.8, 4) is 10.4 Å². The Labute approximate surface area is 175 Å². The number of anilines is 2. The molecule has 1 aromatic heterocycles. The Kier molecular flexibility index (Phi) is 5.09. The Hall–Kier alpha value is -2.79. The van der Waals surface area contributed by atoms with Crippen LogP contribution >= 0.6 is 11.3 Å². The lowest BCUT2D eigenvalue weighted by Crippen LogP contribution is -2.22. The average Bonchev–Trinajstić information content (AvgIpc) is 3.05. The van der Waals surface area contributed by atoms with Gasteiger partial charge in [0.2, 0.25) is 0 Å². The van der Waals surface area contributed by atoms with E-state index in [1.807, 2.05) is 36.4 Å². The molecule has 3 aromatic rings. The maximum Gasteiger partial charge on any atom is 0.337 e. The van der Waals surface area contributed by atoms with Gasteiger partial charge in [0.25, 0.3) is 0 Å². The molecule has 0 aliphatic heterocycles. The minimum absolute atomic E-state index is 0.153. The molecule has 4 rings (SSSR count). The van der Waals surface area contributed by atoms with Gasteiger partial charge in [-0.05, 0) is 71.7 Å². The van der Waals surface area contributed by atoms with E-state index >= 15 is 0 Å². The molecule has 4 N–H and O–H groups in total. The van der Waals surface area contributed by atoms with Gasteiger partial charge >= 0.3 is 5.97 Å². The summed E-state index contributed by atoms with van der Waals surface area (Å²) in [5.74, 6) is -0.819. The molecule has 0 saturated carbocycles. The summed E-state index contributed by atoms with van der Waals surface area (Å²) < 4.78 is 0. The van der Waals surface area contributed by atoms with Crippen molar-refractivity contribution in [2.24, 2.45) is 5.41 Å². The second-order valence-electron chi connectivity index (χ2n) is 8.53. The number of carboxylic acid groups (broad SMARTS) is 1. The molecular formula is C24H26N2O2S. The Bertz CT molecular complexity index is 1050. The highest BCUT2D eigenvalue weighted by Crippen LogP contribution is 2.45. The summed E-state index contributed by atoms with van der Waals surface area (Å²) in [6.07, 6.45) is 2.90. The zero-order valence-corrected chi connectivity index (χ0v) is 17.6. The molecule has 0 fully saturated rings. The Morgan fingerprint density at radius 1 is 1.21 bits per heavy atom. The summed E-state index contributed by atoms with van der Waals surface area (Å²) in [5.41, 5.74) is 11.3. The first-order valence-corrected chi connectivity index (χ1v) is 10.7. The number of nitrogens with two attached hydrogens (primary N) is 1. The quantitative estimate of drug-likeness (QED) is 0.467. The lowest BCUT2D eigenvalue weighted by molar-refractivity contribution is 0.0696. The van der Waals surface area contributed by atoms with E-state index in [0.717, 1.165) is 52.2 Å². The van der Waals surface area contributed by atoms with Crippen molar-refractivity contribution in [3.05, 3.63) is 70.1 Å². The maximum atomic E-state index is 12.1. The van der Waals surface area contributed by atoms with E-state index < -0.39 is 5.97 Å². The first-order chi connectivity index (χ1) is 13.8. The van der Waals surface area contributed by atoms with E-state index in [9.17, 15) is 9.90 Å². The van der Waals surface area contributed by atoms with Crippen molar-refractivity contribution in [2.45, 2.75) is 39.7 Å². The van der Waals surface area contributed by atoms with Gasteiger partial charge < -0.3 is 16.2 Å². The summed E-state index contributed by atoms with van der Waals surface area (Å²) in [7, 11) is 0. The van der Waals surface area contributed by atoms with Crippen LogP contribution in [0.1, 0.15) is 46.6 Å². The summed E-state index contributed by atoms with van der Waals surface area (Å²) in [4.78, 5) is 14.3. The average molecular weight is 407 g/mol. The smallest absolute Gasteiger partial charge is 0.337 e. The molecule has 1 heterocycles. The molecule has 0 bridgehead atoms. The van der Waals surface area contributed by atoms with Crippen molar-refractivity contribution >= 4 is 28.7 Å². The summed E-state index contributed by atoms with van der Waals surface area (Å²) in [6.45, 7) is 5.11. The standard InChI is InChI=1S/C24H26N2O2S/c1-24(2)11-10-20-19(13-24)21(23(27)28)22(29-20)16-5-3-4-15(12-16)14-26-18-8-6-17(25)7-9-18/h3-9,12,26H,10-11,13-14,25H2,1-2H3,(H,27,28). The molecule has 150 valence electrons. The van der Waals surface area contributed by atoms with Gasteiger partial charge in [0, 0.05) is 27.7 Å². The molecular weight excluding hydrogens is 380 g/mol. The van der Waals surface area contributed by atoms with Crippen LogP contribution in [0.2, 0.25) is 0 Å². The monoisotopic (exact) mass is 406 g/mol. The summed E-state index contributed by atoms with van der Waals surface area (Å²) in [5, 5.41) is 13.4. The number of thiophene rings is 1. The van der Waals surface area contributed by atoms with Gasteiger partial charge in [-0.1, -0.05) is 32.0 Å². The van der Waals surface area contributed by atoms with Crippen molar-refractivity contribution < 1.29 is 9.90 Å². The highest BCUT2D eigenvalue weighted by molar-refractivity contribution is 7.16. The largest absolute Gasteiger partial charge is 0.478 e. The zero-order chi connectivity index (χ0) is 20.6. The topological polar surface area (TPSA) is 75.3 Å². The van der Waals surface area contributed by atoms with Crippen LogP contribution in [-0.4, -0.2) is 11.1 Å². The third kappa shape index (κ3) is 4.15. The number of aromatic carboxylic acids is 1. The molecule has 29 heavy (non-hydrogen) atoms. The fourth-order valence-electron chi connectivity index (χ4n) is 3.98. The van der Waals surface area contributed by atoms with Crippen molar-refractivity contribution in [2.75, 3.05) is 11.1 Å². The molecule has 5 heteroatoms. The number of benzene rings is 2. The van der Waals surface area contributed by atoms with Crippen LogP contribution < -0.4 is 11.1 Å². The second-order valence-corrected chi connectivity index (χ2v) is 9.64. The normalized spacial score (nSPS) is 15.0. The van der Waals surface area contributed by atoms with Crippen LogP contribution in [-0.2, 0) is 19.4 Å². The molecule has 1 aliphatic carbocycles. The van der Waals surface area contributed by atoms with Crippen LogP contribution in [0, 0.1) is 5.41 Å². The minimum Gasteiger partial charge on any atom is -0.478 e. The van der Waals surface area contributed by atoms with Crippen LogP contribution in [0.25, 0.3) is 10.4 Å². The number of carboxylic acids is 1. The molecule has 1 aliphatic rings. The number of hydrogen-bond donors (Lipinski definition) is 3. The number of fused-ring (bicyclic) bond motifs is 1. The third-order valence-corrected chi connectivity index (χ3v) is 6.93. The number of aryl methyl sites for hydroxylation is 1. The van der Waals surface area contributed by atoms with E-state index in [1.54, 1.807) is 11.3 Å². The minimum atomic E-state index is -0.819. The Morgan fingerprint density at radius 3 is 2.69 bits per heavy atom. The molecule has 0 amide bonds. The van der Waals surface area contributed by atoms with E-state index in [2.05, 4.69) is 31.3 Å². The number of rotatable bonds is 5. The van der Waals surface area contributed by atoms with Gasteiger partial charge in [0.15, 0.2) is 0 Å². The van der Waals surface area contributed by atoms with Crippen molar-refractivity contribution in [1.82, 2.24) is 0 Å². The Morgan fingerprint density at radius 2 is 1.97 bits per heavy atom. The molecule has 2 aromatic carbocycles. The predicted octanol–water partition coefficient (Wildman–Crippen LogP) is 5.82. The summed E-state index contributed by atoms with van der Waals surface area (Å²) >= 11 is 1.65.